The van der Waals surface area contributed by atoms with E-state index >= 15 is 0 Å². The van der Waals surface area contributed by atoms with Crippen LogP contribution in [0.2, 0.25) is 0 Å². The molecule has 318 valence electrons. The maximum Gasteiger partial charge on any atom is 0.183 e. The average molecular weight is 864 g/mol. The third-order valence-electron chi connectivity index (χ3n) is 17.1. The van der Waals surface area contributed by atoms with Crippen LogP contribution in [0, 0.1) is 0 Å². The van der Waals surface area contributed by atoms with Gasteiger partial charge in [-0.3, -0.25) is 0 Å². The smallest absolute Gasteiger partial charge is 0.183 e. The molecule has 1 unspecified atom stereocenters. The summed E-state index contributed by atoms with van der Waals surface area (Å²) in [6.45, 7) is 14.6. The van der Waals surface area contributed by atoms with E-state index in [4.69, 9.17) is 0 Å². The first-order valence-corrected chi connectivity index (χ1v) is 26.2. The second-order valence-corrected chi connectivity index (χ2v) is 25.3. The summed E-state index contributed by atoms with van der Waals surface area (Å²) in [5, 5.41) is 8.91. The molecule has 0 amide bonds. The minimum Gasteiger partial charge on any atom is -0.310 e. The van der Waals surface area contributed by atoms with Crippen molar-refractivity contribution in [3.05, 3.63) is 231 Å². The van der Waals surface area contributed by atoms with Crippen molar-refractivity contribution >= 4 is 57.4 Å². The molecule has 0 fully saturated rings. The fourth-order valence-electron chi connectivity index (χ4n) is 13.8. The highest BCUT2D eigenvalue weighted by Crippen LogP contribution is 2.61. The highest BCUT2D eigenvalue weighted by atomic mass is 28.3. The summed E-state index contributed by atoms with van der Waals surface area (Å²) in [4.78, 5) is 2.62. The van der Waals surface area contributed by atoms with Crippen molar-refractivity contribution in [3.63, 3.8) is 0 Å². The summed E-state index contributed by atoms with van der Waals surface area (Å²) in [6.07, 6.45) is 17.8. The summed E-state index contributed by atoms with van der Waals surface area (Å²) in [5.41, 5.74) is 23.4. The molecule has 1 nitrogen and oxygen atoms in total. The first-order valence-electron chi connectivity index (χ1n) is 24.2. The Hall–Kier alpha value is -6.74. The molecule has 14 rings (SSSR count). The molecule has 1 atom stereocenters. The van der Waals surface area contributed by atoms with E-state index in [-0.39, 0.29) is 16.2 Å². The number of nitrogens with zero attached hydrogens (tertiary/aromatic N) is 1. The Morgan fingerprint density at radius 3 is 2.03 bits per heavy atom. The summed E-state index contributed by atoms with van der Waals surface area (Å²) in [5.74, 6) is 0. The molecule has 0 N–H and O–H groups in total. The van der Waals surface area contributed by atoms with Gasteiger partial charge in [0.25, 0.3) is 0 Å². The van der Waals surface area contributed by atoms with Gasteiger partial charge < -0.3 is 4.90 Å². The second kappa shape index (κ2) is 13.0. The van der Waals surface area contributed by atoms with Crippen LogP contribution < -0.4 is 15.3 Å². The van der Waals surface area contributed by atoms with E-state index in [0.717, 1.165) is 6.42 Å². The largest absolute Gasteiger partial charge is 0.310 e. The Balaban J connectivity index is 1.05. The molecule has 0 aromatic heterocycles. The van der Waals surface area contributed by atoms with Gasteiger partial charge in [0.2, 0.25) is 0 Å². The minimum absolute atomic E-state index is 0.0643. The molecule has 3 heterocycles. The van der Waals surface area contributed by atoms with E-state index in [0.29, 0.717) is 0 Å². The van der Waals surface area contributed by atoms with Crippen molar-refractivity contribution in [2.75, 3.05) is 4.90 Å². The van der Waals surface area contributed by atoms with Crippen molar-refractivity contribution < 1.29 is 0 Å². The van der Waals surface area contributed by atoms with Crippen molar-refractivity contribution in [1.29, 1.82) is 0 Å². The Kier molecular flexibility index (Phi) is 7.58. The predicted octanol–water partition coefficient (Wildman–Crippen LogP) is 15.2. The standard InChI is InChI=1S/C64H53NSi/c1-62(2)34-35-63(3,4)55-38-42(31-33-53(55)62)65(41-30-32-44-43-20-7-9-27-52(43)64(5,6)54(44)37-41)56-28-14-19-40-18-13-22-46(58(40)56)48-25-15-26-49-50-24-12-17-39-16-11-23-47-45-21-8-10-29-57(45)66(59(48)49)60(47)51(36-39)61(50)66/h7-16,18-33,36-38H,17,34-35H2,1-6H3/b16-11-,23-11?,24-12-,39-16?,39-36-,47-23-,51-36?. The fourth-order valence-corrected chi connectivity index (χ4v) is 19.8. The van der Waals surface area contributed by atoms with Crippen molar-refractivity contribution in [1.82, 2.24) is 0 Å². The van der Waals surface area contributed by atoms with Gasteiger partial charge >= 0.3 is 0 Å². The summed E-state index contributed by atoms with van der Waals surface area (Å²) in [7, 11) is -2.59. The second-order valence-electron chi connectivity index (χ2n) is 21.8. The Morgan fingerprint density at radius 2 is 1.18 bits per heavy atom. The van der Waals surface area contributed by atoms with Gasteiger partial charge in [-0.1, -0.05) is 187 Å². The third kappa shape index (κ3) is 4.80. The zero-order valence-corrected chi connectivity index (χ0v) is 39.8. The van der Waals surface area contributed by atoms with Gasteiger partial charge in [0.15, 0.2) is 8.07 Å². The molecule has 66 heavy (non-hydrogen) atoms. The molecule has 1 spiro atoms. The van der Waals surface area contributed by atoms with Gasteiger partial charge in [-0.15, -0.1) is 0 Å². The number of fused-ring (bicyclic) bond motifs is 9. The topological polar surface area (TPSA) is 3.24 Å². The van der Waals surface area contributed by atoms with Crippen LogP contribution in [0.25, 0.3) is 44.2 Å². The average Bonchev–Trinajstić information content (AvgIpc) is 3.79. The van der Waals surface area contributed by atoms with E-state index in [1.165, 1.54) is 119 Å². The van der Waals surface area contributed by atoms with Crippen LogP contribution in [0.4, 0.5) is 17.1 Å². The number of anilines is 3. The molecule has 7 aromatic rings. The van der Waals surface area contributed by atoms with Gasteiger partial charge in [0.1, 0.15) is 0 Å². The summed E-state index contributed by atoms with van der Waals surface area (Å²) >= 11 is 0. The maximum atomic E-state index is 2.62. The number of hydrogen-bond acceptors (Lipinski definition) is 1. The fraction of sp³-hybridized carbons (Fsp3) is 0.188. The molecule has 7 aromatic carbocycles. The SMILES string of the molecule is CC1(C)CCC(C)(C)c2cc(N(c3ccc4c(c3)C(C)(C)c3ccccc3-4)c3cccc4cccc(-c5cccc6c5[Si]57C8=C6/C=C\CC6=C\C8=C5C(=C/C=C\6)\c5ccccc57)c34)ccc21. The monoisotopic (exact) mass is 863 g/mol. The zero-order chi connectivity index (χ0) is 44.5. The van der Waals surface area contributed by atoms with Crippen LogP contribution in [0.3, 0.4) is 0 Å². The lowest BCUT2D eigenvalue weighted by atomic mass is 9.63. The summed E-state index contributed by atoms with van der Waals surface area (Å²) < 4.78 is 0. The number of hydrogen-bond donors (Lipinski definition) is 0. The molecule has 2 bridgehead atoms. The summed E-state index contributed by atoms with van der Waals surface area (Å²) in [6, 6.07) is 54.5. The molecule has 4 aliphatic carbocycles. The Bertz CT molecular complexity index is 3590. The van der Waals surface area contributed by atoms with Crippen LogP contribution in [-0.2, 0) is 16.2 Å². The first-order chi connectivity index (χ1) is 32.0. The Labute approximate surface area is 390 Å². The van der Waals surface area contributed by atoms with Gasteiger partial charge in [-0.2, -0.15) is 0 Å². The minimum atomic E-state index is -2.59. The van der Waals surface area contributed by atoms with Crippen molar-refractivity contribution in [2.45, 2.75) is 77.0 Å². The molecule has 3 aliphatic heterocycles. The zero-order valence-electron chi connectivity index (χ0n) is 38.8. The van der Waals surface area contributed by atoms with Crippen LogP contribution in [0.15, 0.2) is 198 Å². The molecule has 0 saturated carbocycles. The van der Waals surface area contributed by atoms with E-state index in [1.54, 1.807) is 20.8 Å². The lowest BCUT2D eigenvalue weighted by molar-refractivity contribution is 0.332. The van der Waals surface area contributed by atoms with Crippen LogP contribution in [-0.4, -0.2) is 8.07 Å². The van der Waals surface area contributed by atoms with E-state index in [9.17, 15) is 0 Å². The van der Waals surface area contributed by atoms with Crippen LogP contribution in [0.5, 0.6) is 0 Å². The van der Waals surface area contributed by atoms with Gasteiger partial charge in [0, 0.05) is 22.2 Å². The highest BCUT2D eigenvalue weighted by molar-refractivity contribution is 7.21. The lowest BCUT2D eigenvalue weighted by Crippen LogP contribution is -2.63. The van der Waals surface area contributed by atoms with Crippen LogP contribution >= 0.6 is 0 Å². The Morgan fingerprint density at radius 1 is 0.515 bits per heavy atom. The number of benzene rings is 7. The van der Waals surface area contributed by atoms with Crippen LogP contribution in [0.1, 0.15) is 94.2 Å². The third-order valence-corrected chi connectivity index (χ3v) is 22.2. The number of allylic oxidation sites excluding steroid dienone is 12. The first kappa shape index (κ1) is 38.5. The van der Waals surface area contributed by atoms with Gasteiger partial charge in [-0.05, 0) is 165 Å². The lowest BCUT2D eigenvalue weighted by Gasteiger charge is -2.43. The molecule has 0 radical (unpaired) electrons. The molecular weight excluding hydrogens is 811 g/mol. The predicted molar refractivity (Wildman–Crippen MR) is 281 cm³/mol. The number of rotatable bonds is 4. The molecular formula is C64H53NSi. The van der Waals surface area contributed by atoms with E-state index in [1.807, 2.05) is 0 Å². The molecule has 0 saturated heterocycles. The van der Waals surface area contributed by atoms with Crippen molar-refractivity contribution in [2.24, 2.45) is 0 Å². The van der Waals surface area contributed by atoms with Gasteiger partial charge in [0.05, 0.1) is 5.69 Å². The normalized spacial score (nSPS) is 23.6. The quantitative estimate of drug-likeness (QED) is 0.159. The maximum absolute atomic E-state index is 2.62. The van der Waals surface area contributed by atoms with Crippen molar-refractivity contribution in [3.8, 4) is 22.3 Å². The van der Waals surface area contributed by atoms with E-state index in [2.05, 4.69) is 222 Å². The van der Waals surface area contributed by atoms with E-state index < -0.39 is 8.07 Å². The molecule has 7 aliphatic rings. The molecule has 2 heteroatoms. The van der Waals surface area contributed by atoms with Gasteiger partial charge in [-0.25, -0.2) is 0 Å². The highest BCUT2D eigenvalue weighted by Gasteiger charge is 2.65.